The number of H-pyrrole nitrogens is 1. The molecule has 1 unspecified atom stereocenters. The van der Waals surface area contributed by atoms with Crippen molar-refractivity contribution in [3.05, 3.63) is 47.4 Å². The average Bonchev–Trinajstić information content (AvgIpc) is 3.36. The average molecular weight is 340 g/mol. The predicted molar refractivity (Wildman–Crippen MR) is 92.1 cm³/mol. The molecule has 3 aromatic rings. The zero-order valence-corrected chi connectivity index (χ0v) is 13.6. The number of anilines is 1. The van der Waals surface area contributed by atoms with Gasteiger partial charge in [0, 0.05) is 35.8 Å². The topological polar surface area (TPSA) is 95.6 Å². The predicted octanol–water partition coefficient (Wildman–Crippen LogP) is 2.26. The van der Waals surface area contributed by atoms with Crippen LogP contribution >= 0.6 is 11.3 Å². The number of nitrogens with zero attached hydrogens (tertiary/aromatic N) is 3. The first-order valence-electron chi connectivity index (χ1n) is 7.72. The van der Waals surface area contributed by atoms with E-state index in [1.807, 2.05) is 17.5 Å². The van der Waals surface area contributed by atoms with E-state index in [-0.39, 0.29) is 5.91 Å². The lowest BCUT2D eigenvalue weighted by Gasteiger charge is -2.08. The summed E-state index contributed by atoms with van der Waals surface area (Å²) < 4.78 is 0. The summed E-state index contributed by atoms with van der Waals surface area (Å²) in [5, 5.41) is 15.9. The summed E-state index contributed by atoms with van der Waals surface area (Å²) in [5.41, 5.74) is 2.46. The molecule has 0 bridgehead atoms. The van der Waals surface area contributed by atoms with Gasteiger partial charge in [-0.15, -0.1) is 11.3 Å². The molecule has 1 fully saturated rings. The number of nitrogens with one attached hydrogen (secondary N) is 3. The third-order valence-electron chi connectivity index (χ3n) is 4.06. The first kappa shape index (κ1) is 15.0. The van der Waals surface area contributed by atoms with Crippen molar-refractivity contribution in [2.24, 2.45) is 0 Å². The molecule has 3 aromatic heterocycles. The second-order valence-electron chi connectivity index (χ2n) is 5.61. The molecule has 0 aliphatic carbocycles. The van der Waals surface area contributed by atoms with Gasteiger partial charge in [-0.25, -0.2) is 4.98 Å². The maximum Gasteiger partial charge on any atom is 0.260 e. The number of carbonyl (C=O) groups is 1. The normalized spacial score (nSPS) is 17.1. The quantitative estimate of drug-likeness (QED) is 0.677. The smallest absolute Gasteiger partial charge is 0.260 e. The van der Waals surface area contributed by atoms with Gasteiger partial charge >= 0.3 is 0 Å². The zero-order valence-electron chi connectivity index (χ0n) is 12.8. The Bertz CT molecular complexity index is 837. The molecule has 122 valence electrons. The van der Waals surface area contributed by atoms with Gasteiger partial charge in [0.1, 0.15) is 10.8 Å². The number of aromatic amines is 1. The number of pyridine rings is 1. The summed E-state index contributed by atoms with van der Waals surface area (Å²) in [6.45, 7) is 1.83. The number of rotatable bonds is 4. The minimum atomic E-state index is -0.183. The highest BCUT2D eigenvalue weighted by Crippen LogP contribution is 2.27. The highest BCUT2D eigenvalue weighted by molar-refractivity contribution is 7.13. The second-order valence-corrected chi connectivity index (χ2v) is 6.47. The number of aromatic nitrogens is 4. The van der Waals surface area contributed by atoms with E-state index in [0.29, 0.717) is 17.3 Å². The number of amides is 1. The third-order valence-corrected chi connectivity index (χ3v) is 4.95. The van der Waals surface area contributed by atoms with Crippen molar-refractivity contribution in [2.75, 3.05) is 18.4 Å². The Kier molecular flexibility index (Phi) is 4.06. The van der Waals surface area contributed by atoms with Crippen LogP contribution in [0.4, 0.5) is 5.82 Å². The summed E-state index contributed by atoms with van der Waals surface area (Å²) in [5.74, 6) is 0.668. The lowest BCUT2D eigenvalue weighted by Crippen LogP contribution is -2.16. The standard InChI is InChI=1S/C16H16N6OS/c23-15(12-8-19-22-14(12)11-3-6-18-7-11)20-13-9-24-16(21-13)10-1-4-17-5-2-10/h1-2,4-5,8-9,11,18H,3,6-7H2,(H,19,22)(H,20,23). The molecule has 1 aliphatic heterocycles. The summed E-state index contributed by atoms with van der Waals surface area (Å²) in [4.78, 5) is 21.0. The molecule has 1 atom stereocenters. The molecular formula is C16H16N6OS. The van der Waals surface area contributed by atoms with Gasteiger partial charge in [0.15, 0.2) is 0 Å². The van der Waals surface area contributed by atoms with E-state index in [2.05, 4.69) is 30.8 Å². The van der Waals surface area contributed by atoms with E-state index >= 15 is 0 Å². The molecule has 0 saturated carbocycles. The Morgan fingerprint density at radius 3 is 3.00 bits per heavy atom. The summed E-state index contributed by atoms with van der Waals surface area (Å²) >= 11 is 1.48. The lowest BCUT2D eigenvalue weighted by atomic mass is 10.0. The van der Waals surface area contributed by atoms with Crippen LogP contribution in [-0.2, 0) is 0 Å². The highest BCUT2D eigenvalue weighted by Gasteiger charge is 2.24. The fourth-order valence-electron chi connectivity index (χ4n) is 2.83. The molecule has 1 saturated heterocycles. The minimum Gasteiger partial charge on any atom is -0.316 e. The summed E-state index contributed by atoms with van der Waals surface area (Å²) in [7, 11) is 0. The highest BCUT2D eigenvalue weighted by atomic mass is 32.1. The van der Waals surface area contributed by atoms with E-state index < -0.39 is 0 Å². The van der Waals surface area contributed by atoms with Gasteiger partial charge in [-0.3, -0.25) is 14.9 Å². The first-order chi connectivity index (χ1) is 11.8. The molecule has 24 heavy (non-hydrogen) atoms. The van der Waals surface area contributed by atoms with Crippen molar-refractivity contribution < 1.29 is 4.79 Å². The van der Waals surface area contributed by atoms with Crippen molar-refractivity contribution in [1.29, 1.82) is 0 Å². The molecule has 4 rings (SSSR count). The van der Waals surface area contributed by atoms with Crippen molar-refractivity contribution >= 4 is 23.1 Å². The third kappa shape index (κ3) is 2.93. The molecule has 1 aliphatic rings. The zero-order chi connectivity index (χ0) is 16.4. The van der Waals surface area contributed by atoms with Crippen LogP contribution in [0.1, 0.15) is 28.4 Å². The molecule has 8 heteroatoms. The van der Waals surface area contributed by atoms with E-state index in [1.54, 1.807) is 18.6 Å². The first-order valence-corrected chi connectivity index (χ1v) is 8.60. The lowest BCUT2D eigenvalue weighted by molar-refractivity contribution is 0.102. The van der Waals surface area contributed by atoms with Crippen LogP contribution in [0.2, 0.25) is 0 Å². The Balaban J connectivity index is 1.51. The van der Waals surface area contributed by atoms with Gasteiger partial charge in [-0.05, 0) is 25.1 Å². The second kappa shape index (κ2) is 6.50. The van der Waals surface area contributed by atoms with Gasteiger partial charge in [0.25, 0.3) is 5.91 Å². The van der Waals surface area contributed by atoms with E-state index in [1.165, 1.54) is 11.3 Å². The monoisotopic (exact) mass is 340 g/mol. The maximum absolute atomic E-state index is 12.6. The van der Waals surface area contributed by atoms with Gasteiger partial charge in [0.05, 0.1) is 17.5 Å². The van der Waals surface area contributed by atoms with Crippen LogP contribution in [0.25, 0.3) is 10.6 Å². The Labute approximate surface area is 142 Å². The maximum atomic E-state index is 12.6. The van der Waals surface area contributed by atoms with Crippen molar-refractivity contribution in [2.45, 2.75) is 12.3 Å². The number of carbonyl (C=O) groups excluding carboxylic acids is 1. The molecule has 0 aromatic carbocycles. The largest absolute Gasteiger partial charge is 0.316 e. The van der Waals surface area contributed by atoms with E-state index in [0.717, 1.165) is 35.8 Å². The number of thiazole rings is 1. The fraction of sp³-hybridized carbons (Fsp3) is 0.250. The molecule has 0 spiro atoms. The van der Waals surface area contributed by atoms with Crippen LogP contribution in [0.15, 0.2) is 36.1 Å². The number of hydrogen-bond acceptors (Lipinski definition) is 6. The molecule has 0 radical (unpaired) electrons. The molecule has 7 nitrogen and oxygen atoms in total. The van der Waals surface area contributed by atoms with E-state index in [4.69, 9.17) is 0 Å². The Morgan fingerprint density at radius 2 is 2.21 bits per heavy atom. The van der Waals surface area contributed by atoms with Crippen molar-refractivity contribution in [3.63, 3.8) is 0 Å². The summed E-state index contributed by atoms with van der Waals surface area (Å²) in [6, 6.07) is 3.79. The Morgan fingerprint density at radius 1 is 1.33 bits per heavy atom. The van der Waals surface area contributed by atoms with Gasteiger partial charge in [-0.2, -0.15) is 5.10 Å². The molecule has 3 N–H and O–H groups in total. The summed E-state index contributed by atoms with van der Waals surface area (Å²) in [6.07, 6.45) is 6.04. The van der Waals surface area contributed by atoms with Gasteiger partial charge < -0.3 is 10.6 Å². The minimum absolute atomic E-state index is 0.183. The van der Waals surface area contributed by atoms with Gasteiger partial charge in [0.2, 0.25) is 0 Å². The SMILES string of the molecule is O=C(Nc1csc(-c2ccncc2)n1)c1cn[nH]c1C1CCNC1. The van der Waals surface area contributed by atoms with Crippen LogP contribution in [-0.4, -0.2) is 39.2 Å². The molecular weight excluding hydrogens is 324 g/mol. The van der Waals surface area contributed by atoms with Crippen LogP contribution < -0.4 is 10.6 Å². The van der Waals surface area contributed by atoms with Crippen molar-refractivity contribution in [1.82, 2.24) is 25.5 Å². The molecule has 1 amide bonds. The van der Waals surface area contributed by atoms with Crippen LogP contribution in [0.5, 0.6) is 0 Å². The van der Waals surface area contributed by atoms with Crippen LogP contribution in [0.3, 0.4) is 0 Å². The van der Waals surface area contributed by atoms with Crippen molar-refractivity contribution in [3.8, 4) is 10.6 Å². The van der Waals surface area contributed by atoms with Crippen LogP contribution in [0, 0.1) is 0 Å². The fourth-order valence-corrected chi connectivity index (χ4v) is 3.59. The number of hydrogen-bond donors (Lipinski definition) is 3. The Hall–Kier alpha value is -2.58. The molecule has 4 heterocycles. The van der Waals surface area contributed by atoms with E-state index in [9.17, 15) is 4.79 Å². The van der Waals surface area contributed by atoms with Gasteiger partial charge in [-0.1, -0.05) is 0 Å².